The molecule has 1 aromatic carbocycles. The second-order valence-corrected chi connectivity index (χ2v) is 3.76. The molecule has 1 N–H and O–H groups in total. The molecule has 0 saturated carbocycles. The van der Waals surface area contributed by atoms with Crippen molar-refractivity contribution in [1.82, 2.24) is 0 Å². The normalized spacial score (nSPS) is 11.5. The molecule has 82 valence electrons. The van der Waals surface area contributed by atoms with E-state index in [9.17, 15) is 23.1 Å². The molecule has 0 heterocycles. The van der Waals surface area contributed by atoms with Crippen LogP contribution >= 0.6 is 15.9 Å². The summed E-state index contributed by atoms with van der Waals surface area (Å²) >= 11 is 2.76. The molecule has 0 spiro atoms. The number of hydrogen-bond acceptors (Lipinski definition) is 2. The molecule has 0 fully saturated rings. The van der Waals surface area contributed by atoms with Gasteiger partial charge in [-0.2, -0.15) is 13.2 Å². The molecule has 2 nitrogen and oxygen atoms in total. The maximum absolute atomic E-state index is 12.5. The first-order valence-electron chi connectivity index (χ1n) is 3.84. The molecular weight excluding hydrogens is 277 g/mol. The third-order valence-electron chi connectivity index (χ3n) is 1.77. The number of halogens is 4. The van der Waals surface area contributed by atoms with Gasteiger partial charge < -0.3 is 5.11 Å². The number of rotatable bonds is 1. The minimum atomic E-state index is -4.61. The van der Waals surface area contributed by atoms with Crippen molar-refractivity contribution >= 4 is 21.7 Å². The average Bonchev–Trinajstić information content (AvgIpc) is 2.06. The summed E-state index contributed by atoms with van der Waals surface area (Å²) in [4.78, 5) is 10.9. The Morgan fingerprint density at radius 1 is 1.40 bits per heavy atom. The molecule has 1 rings (SSSR count). The average molecular weight is 283 g/mol. The van der Waals surface area contributed by atoms with E-state index < -0.39 is 28.8 Å². The van der Waals surface area contributed by atoms with Crippen molar-refractivity contribution in [1.29, 1.82) is 0 Å². The van der Waals surface area contributed by atoms with Crippen molar-refractivity contribution in [2.24, 2.45) is 0 Å². The monoisotopic (exact) mass is 282 g/mol. The minimum absolute atomic E-state index is 0.0974. The summed E-state index contributed by atoms with van der Waals surface area (Å²) in [5, 5.41) is 9.17. The molecule has 0 unspecified atom stereocenters. The van der Waals surface area contributed by atoms with Gasteiger partial charge >= 0.3 is 6.18 Å². The topological polar surface area (TPSA) is 37.3 Å². The van der Waals surface area contributed by atoms with Crippen LogP contribution in [0.4, 0.5) is 13.2 Å². The lowest BCUT2D eigenvalue weighted by molar-refractivity contribution is -0.138. The van der Waals surface area contributed by atoms with Gasteiger partial charge in [0.05, 0.1) is 10.0 Å². The fourth-order valence-corrected chi connectivity index (χ4v) is 1.43. The van der Waals surface area contributed by atoms with Crippen molar-refractivity contribution in [3.8, 4) is 5.75 Å². The van der Waals surface area contributed by atoms with Gasteiger partial charge in [-0.25, -0.2) is 0 Å². The molecule has 0 aromatic heterocycles. The molecule has 1 aromatic rings. The maximum Gasteiger partial charge on any atom is 0.417 e. The summed E-state index contributed by atoms with van der Waals surface area (Å²) in [5.74, 6) is -1.14. The van der Waals surface area contributed by atoms with E-state index in [2.05, 4.69) is 15.9 Å². The fraction of sp³-hybridized carbons (Fsp3) is 0.222. The van der Waals surface area contributed by atoms with Gasteiger partial charge in [0.15, 0.2) is 5.78 Å². The Bertz CT molecular complexity index is 413. The molecule has 0 bridgehead atoms. The van der Waals surface area contributed by atoms with E-state index in [-0.39, 0.29) is 4.47 Å². The predicted molar refractivity (Wildman–Crippen MR) is 50.8 cm³/mol. The van der Waals surface area contributed by atoms with Crippen LogP contribution in [0.1, 0.15) is 22.8 Å². The Balaban J connectivity index is 3.49. The van der Waals surface area contributed by atoms with Crippen LogP contribution in [-0.4, -0.2) is 10.9 Å². The van der Waals surface area contributed by atoms with Gasteiger partial charge in [-0.05, 0) is 35.0 Å². The smallest absolute Gasteiger partial charge is 0.417 e. The molecular formula is C9H6BrF3O2. The zero-order valence-corrected chi connectivity index (χ0v) is 9.11. The summed E-state index contributed by atoms with van der Waals surface area (Å²) in [6.45, 7) is 1.01. The lowest BCUT2D eigenvalue weighted by Crippen LogP contribution is -2.11. The molecule has 15 heavy (non-hydrogen) atoms. The van der Waals surface area contributed by atoms with Gasteiger partial charge in [0, 0.05) is 5.56 Å². The number of Topliss-reactive ketones (excluding diaryl/α,β-unsaturated/α-hetero) is 1. The largest absolute Gasteiger partial charge is 0.507 e. The van der Waals surface area contributed by atoms with Crippen molar-refractivity contribution in [2.45, 2.75) is 13.1 Å². The van der Waals surface area contributed by atoms with E-state index >= 15 is 0 Å². The van der Waals surface area contributed by atoms with Crippen LogP contribution in [0.15, 0.2) is 16.6 Å². The molecule has 0 saturated heterocycles. The summed E-state index contributed by atoms with van der Waals surface area (Å²) in [7, 11) is 0. The number of ketones is 1. The molecule has 0 radical (unpaired) electrons. The van der Waals surface area contributed by atoms with Gasteiger partial charge in [0.25, 0.3) is 0 Å². The first-order valence-corrected chi connectivity index (χ1v) is 4.63. The number of phenolic OH excluding ortho intramolecular Hbond substituents is 1. The quantitative estimate of drug-likeness (QED) is 0.802. The Morgan fingerprint density at radius 2 is 1.93 bits per heavy atom. The van der Waals surface area contributed by atoms with Crippen LogP contribution in [0.5, 0.6) is 5.75 Å². The number of phenols is 1. The summed E-state index contributed by atoms with van der Waals surface area (Å²) < 4.78 is 37.3. The molecule has 0 aliphatic heterocycles. The van der Waals surface area contributed by atoms with Crippen LogP contribution < -0.4 is 0 Å². The zero-order chi connectivity index (χ0) is 11.8. The summed E-state index contributed by atoms with van der Waals surface area (Å²) in [6, 6.07) is 1.49. The molecule has 0 amide bonds. The predicted octanol–water partition coefficient (Wildman–Crippen LogP) is 3.38. The molecule has 0 aliphatic carbocycles. The molecule has 0 aliphatic rings. The van der Waals surface area contributed by atoms with Gasteiger partial charge in [-0.3, -0.25) is 4.79 Å². The van der Waals surface area contributed by atoms with Crippen LogP contribution in [0.2, 0.25) is 0 Å². The van der Waals surface area contributed by atoms with E-state index in [1.54, 1.807) is 0 Å². The maximum atomic E-state index is 12.5. The van der Waals surface area contributed by atoms with Crippen LogP contribution in [0.25, 0.3) is 0 Å². The van der Waals surface area contributed by atoms with Crippen LogP contribution in [0, 0.1) is 0 Å². The zero-order valence-electron chi connectivity index (χ0n) is 7.52. The highest BCUT2D eigenvalue weighted by Crippen LogP contribution is 2.37. The van der Waals surface area contributed by atoms with Crippen molar-refractivity contribution < 1.29 is 23.1 Å². The summed E-state index contributed by atoms with van der Waals surface area (Å²) in [6.07, 6.45) is -4.61. The van der Waals surface area contributed by atoms with Crippen molar-refractivity contribution in [3.05, 3.63) is 27.7 Å². The van der Waals surface area contributed by atoms with Crippen LogP contribution in [0.3, 0.4) is 0 Å². The second kappa shape index (κ2) is 3.84. The number of carbonyl (C=O) groups excluding carboxylic acids is 1. The van der Waals surface area contributed by atoms with E-state index in [0.717, 1.165) is 13.0 Å². The van der Waals surface area contributed by atoms with E-state index in [0.29, 0.717) is 6.07 Å². The van der Waals surface area contributed by atoms with Gasteiger partial charge in [0.1, 0.15) is 5.75 Å². The van der Waals surface area contributed by atoms with E-state index in [1.807, 2.05) is 0 Å². The Kier molecular flexibility index (Phi) is 3.08. The number of carbonyl (C=O) groups is 1. The Morgan fingerprint density at radius 3 is 2.33 bits per heavy atom. The van der Waals surface area contributed by atoms with Gasteiger partial charge in [-0.1, -0.05) is 0 Å². The van der Waals surface area contributed by atoms with Crippen molar-refractivity contribution in [3.63, 3.8) is 0 Å². The Hall–Kier alpha value is -1.04. The minimum Gasteiger partial charge on any atom is -0.507 e. The number of aromatic hydroxyl groups is 1. The van der Waals surface area contributed by atoms with Crippen LogP contribution in [-0.2, 0) is 6.18 Å². The first kappa shape index (κ1) is 12.0. The van der Waals surface area contributed by atoms with E-state index in [4.69, 9.17) is 0 Å². The second-order valence-electron chi connectivity index (χ2n) is 2.90. The van der Waals surface area contributed by atoms with Gasteiger partial charge in [-0.15, -0.1) is 0 Å². The number of hydrogen-bond donors (Lipinski definition) is 1. The third-order valence-corrected chi connectivity index (χ3v) is 2.41. The summed E-state index contributed by atoms with van der Waals surface area (Å²) in [5.41, 5.74) is -1.59. The van der Waals surface area contributed by atoms with Gasteiger partial charge in [0.2, 0.25) is 0 Å². The SMILES string of the molecule is CC(=O)c1cc(O)c(Br)cc1C(F)(F)F. The fourth-order valence-electron chi connectivity index (χ4n) is 1.09. The highest BCUT2D eigenvalue weighted by atomic mass is 79.9. The van der Waals surface area contributed by atoms with Crippen molar-refractivity contribution in [2.75, 3.05) is 0 Å². The third kappa shape index (κ3) is 2.50. The molecule has 0 atom stereocenters. The first-order chi connectivity index (χ1) is 6.73. The lowest BCUT2D eigenvalue weighted by atomic mass is 10.0. The molecule has 6 heteroatoms. The standard InChI is InChI=1S/C9H6BrF3O2/c1-4(14)5-2-8(15)7(10)3-6(5)9(11,12)13/h2-3,15H,1H3. The Labute approximate surface area is 91.8 Å². The van der Waals surface area contributed by atoms with E-state index in [1.165, 1.54) is 0 Å². The lowest BCUT2D eigenvalue weighted by Gasteiger charge is -2.12. The number of alkyl halides is 3. The highest BCUT2D eigenvalue weighted by Gasteiger charge is 2.35. The number of benzene rings is 1. The highest BCUT2D eigenvalue weighted by molar-refractivity contribution is 9.10.